The van der Waals surface area contributed by atoms with Crippen molar-refractivity contribution in [1.82, 2.24) is 10.2 Å². The highest BCUT2D eigenvalue weighted by Gasteiger charge is 2.46. The van der Waals surface area contributed by atoms with Crippen LogP contribution < -0.4 is 5.32 Å². The lowest BCUT2D eigenvalue weighted by Crippen LogP contribution is -2.49. The number of nitrogens with zero attached hydrogens (tertiary/aromatic N) is 1. The zero-order valence-corrected chi connectivity index (χ0v) is 12.4. The Kier molecular flexibility index (Phi) is 5.18. The van der Waals surface area contributed by atoms with Crippen molar-refractivity contribution in [3.63, 3.8) is 0 Å². The largest absolute Gasteiger partial charge is 0.434 e. The second-order valence-electron chi connectivity index (χ2n) is 5.77. The van der Waals surface area contributed by atoms with Crippen molar-refractivity contribution in [3.05, 3.63) is 0 Å². The minimum Gasteiger partial charge on any atom is -0.434 e. The fourth-order valence-corrected chi connectivity index (χ4v) is 2.88. The summed E-state index contributed by atoms with van der Waals surface area (Å²) in [6.07, 6.45) is -6.34. The summed E-state index contributed by atoms with van der Waals surface area (Å²) < 4.78 is 47.6. The minimum atomic E-state index is -4.77. The van der Waals surface area contributed by atoms with Crippen LogP contribution in [0, 0.1) is 0 Å². The standard InChI is InChI=1S/C13H21F3N2O4/c1-17-9-6-12(21-8-9)2-4-18(5-3-12)11(20)22-10(7-19)13(14,15)16/h9-10,17,19H,2-8H2,1H3/t9?,10-/m1/s1. The fraction of sp³-hybridized carbons (Fsp3) is 0.923. The number of aliphatic hydroxyl groups is 1. The zero-order chi connectivity index (χ0) is 16.4. The number of carbonyl (C=O) groups excluding carboxylic acids is 1. The van der Waals surface area contributed by atoms with Gasteiger partial charge in [0.05, 0.1) is 18.8 Å². The van der Waals surface area contributed by atoms with Crippen molar-refractivity contribution < 1.29 is 32.5 Å². The molecule has 2 heterocycles. The van der Waals surface area contributed by atoms with Crippen molar-refractivity contribution >= 4 is 6.09 Å². The topological polar surface area (TPSA) is 71.0 Å². The third-order valence-electron chi connectivity index (χ3n) is 4.32. The first kappa shape index (κ1) is 17.3. The maximum absolute atomic E-state index is 12.5. The van der Waals surface area contributed by atoms with Crippen LogP contribution >= 0.6 is 0 Å². The molecule has 0 bridgehead atoms. The van der Waals surface area contributed by atoms with Gasteiger partial charge in [0.2, 0.25) is 6.10 Å². The number of amides is 1. The Morgan fingerprint density at radius 1 is 1.50 bits per heavy atom. The molecule has 2 fully saturated rings. The summed E-state index contributed by atoms with van der Waals surface area (Å²) in [5.74, 6) is 0. The van der Waals surface area contributed by atoms with Crippen LogP contribution in [0.25, 0.3) is 0 Å². The van der Waals surface area contributed by atoms with E-state index >= 15 is 0 Å². The second-order valence-corrected chi connectivity index (χ2v) is 5.77. The third kappa shape index (κ3) is 3.82. The van der Waals surface area contributed by atoms with E-state index in [4.69, 9.17) is 9.84 Å². The number of alkyl halides is 3. The average Bonchev–Trinajstić information content (AvgIpc) is 2.87. The highest BCUT2D eigenvalue weighted by Crippen LogP contribution is 2.36. The first-order valence-corrected chi connectivity index (χ1v) is 7.24. The number of likely N-dealkylation sites (N-methyl/N-ethyl adjacent to an activating group) is 1. The molecule has 2 aliphatic heterocycles. The van der Waals surface area contributed by atoms with Gasteiger partial charge in [-0.05, 0) is 26.3 Å². The predicted molar refractivity (Wildman–Crippen MR) is 70.4 cm³/mol. The van der Waals surface area contributed by atoms with E-state index in [1.165, 1.54) is 4.90 Å². The van der Waals surface area contributed by atoms with E-state index in [0.717, 1.165) is 6.42 Å². The number of hydrogen-bond donors (Lipinski definition) is 2. The van der Waals surface area contributed by atoms with Gasteiger partial charge in [-0.2, -0.15) is 13.2 Å². The molecule has 0 aromatic heterocycles. The lowest BCUT2D eigenvalue weighted by atomic mass is 9.87. The number of hydrogen-bond acceptors (Lipinski definition) is 5. The number of rotatable bonds is 3. The Hall–Kier alpha value is -1.06. The molecular weight excluding hydrogens is 305 g/mol. The highest BCUT2D eigenvalue weighted by atomic mass is 19.4. The van der Waals surface area contributed by atoms with Gasteiger partial charge in [0.1, 0.15) is 0 Å². The second kappa shape index (κ2) is 6.59. The Morgan fingerprint density at radius 3 is 2.59 bits per heavy atom. The SMILES string of the molecule is CNC1COC2(CCN(C(=O)O[C@H](CO)C(F)(F)F)CC2)C1. The molecule has 2 atom stereocenters. The number of ether oxygens (including phenoxy) is 2. The van der Waals surface area contributed by atoms with E-state index in [-0.39, 0.29) is 24.7 Å². The van der Waals surface area contributed by atoms with Gasteiger partial charge in [0.15, 0.2) is 0 Å². The summed E-state index contributed by atoms with van der Waals surface area (Å²) in [4.78, 5) is 13.0. The van der Waals surface area contributed by atoms with E-state index in [0.29, 0.717) is 19.4 Å². The van der Waals surface area contributed by atoms with E-state index in [1.54, 1.807) is 0 Å². The molecule has 128 valence electrons. The van der Waals surface area contributed by atoms with Gasteiger partial charge in [-0.15, -0.1) is 0 Å². The molecule has 0 aliphatic carbocycles. The Bertz CT molecular complexity index is 397. The molecule has 2 N–H and O–H groups in total. The maximum Gasteiger partial charge on any atom is 0.427 e. The Morgan fingerprint density at radius 2 is 2.14 bits per heavy atom. The van der Waals surface area contributed by atoms with Crippen molar-refractivity contribution in [3.8, 4) is 0 Å². The lowest BCUT2D eigenvalue weighted by molar-refractivity contribution is -0.215. The molecule has 1 spiro atoms. The van der Waals surface area contributed by atoms with Crippen LogP contribution in [0.15, 0.2) is 0 Å². The van der Waals surface area contributed by atoms with E-state index in [2.05, 4.69) is 10.1 Å². The van der Waals surface area contributed by atoms with E-state index < -0.39 is 25.0 Å². The molecule has 2 aliphatic rings. The predicted octanol–water partition coefficient (Wildman–Crippen LogP) is 0.889. The smallest absolute Gasteiger partial charge is 0.427 e. The molecule has 0 radical (unpaired) electrons. The van der Waals surface area contributed by atoms with Gasteiger partial charge >= 0.3 is 12.3 Å². The molecule has 0 saturated carbocycles. The van der Waals surface area contributed by atoms with Crippen LogP contribution in [0.4, 0.5) is 18.0 Å². The highest BCUT2D eigenvalue weighted by molar-refractivity contribution is 5.68. The van der Waals surface area contributed by atoms with Gasteiger partial charge < -0.3 is 24.8 Å². The van der Waals surface area contributed by atoms with Crippen LogP contribution in [0.2, 0.25) is 0 Å². The van der Waals surface area contributed by atoms with Crippen LogP contribution in [0.1, 0.15) is 19.3 Å². The molecule has 2 rings (SSSR count). The molecule has 0 aromatic rings. The van der Waals surface area contributed by atoms with Gasteiger partial charge in [-0.25, -0.2) is 4.79 Å². The van der Waals surface area contributed by atoms with Gasteiger partial charge in [0.25, 0.3) is 0 Å². The first-order chi connectivity index (χ1) is 10.3. The maximum atomic E-state index is 12.5. The number of piperidine rings is 1. The van der Waals surface area contributed by atoms with Gasteiger partial charge in [-0.1, -0.05) is 0 Å². The van der Waals surface area contributed by atoms with Gasteiger partial charge in [0, 0.05) is 19.1 Å². The first-order valence-electron chi connectivity index (χ1n) is 7.24. The molecule has 0 aromatic carbocycles. The zero-order valence-electron chi connectivity index (χ0n) is 12.4. The van der Waals surface area contributed by atoms with Crippen molar-refractivity contribution in [2.75, 3.05) is 33.4 Å². The fourth-order valence-electron chi connectivity index (χ4n) is 2.88. The quantitative estimate of drug-likeness (QED) is 0.806. The van der Waals surface area contributed by atoms with Crippen molar-refractivity contribution in [2.24, 2.45) is 0 Å². The molecule has 9 heteroatoms. The number of carbonyl (C=O) groups is 1. The third-order valence-corrected chi connectivity index (χ3v) is 4.32. The van der Waals surface area contributed by atoms with Crippen LogP contribution in [-0.2, 0) is 9.47 Å². The minimum absolute atomic E-state index is 0.266. The van der Waals surface area contributed by atoms with Crippen molar-refractivity contribution in [2.45, 2.75) is 43.2 Å². The lowest BCUT2D eigenvalue weighted by Gasteiger charge is -2.38. The summed E-state index contributed by atoms with van der Waals surface area (Å²) >= 11 is 0. The summed E-state index contributed by atoms with van der Waals surface area (Å²) in [7, 11) is 1.85. The van der Waals surface area contributed by atoms with Crippen LogP contribution in [-0.4, -0.2) is 73.4 Å². The molecule has 1 unspecified atom stereocenters. The number of nitrogens with one attached hydrogen (secondary N) is 1. The van der Waals surface area contributed by atoms with Crippen LogP contribution in [0.5, 0.6) is 0 Å². The number of aliphatic hydroxyl groups excluding tert-OH is 1. The Balaban J connectivity index is 1.85. The molecule has 2 saturated heterocycles. The Labute approximate surface area is 126 Å². The van der Waals surface area contributed by atoms with Crippen LogP contribution in [0.3, 0.4) is 0 Å². The molecule has 6 nitrogen and oxygen atoms in total. The molecule has 22 heavy (non-hydrogen) atoms. The summed E-state index contributed by atoms with van der Waals surface area (Å²) in [5.41, 5.74) is -0.301. The summed E-state index contributed by atoms with van der Waals surface area (Å²) in [6, 6.07) is 0.266. The van der Waals surface area contributed by atoms with Gasteiger partial charge in [-0.3, -0.25) is 0 Å². The van der Waals surface area contributed by atoms with Crippen molar-refractivity contribution in [1.29, 1.82) is 0 Å². The summed E-state index contributed by atoms with van der Waals surface area (Å²) in [6.45, 7) is -0.113. The number of halogens is 3. The van der Waals surface area contributed by atoms with E-state index in [9.17, 15) is 18.0 Å². The molecule has 1 amide bonds. The molecular formula is C13H21F3N2O4. The average molecular weight is 326 g/mol. The monoisotopic (exact) mass is 326 g/mol. The normalized spacial score (nSPS) is 26.2. The summed E-state index contributed by atoms with van der Waals surface area (Å²) in [5, 5.41) is 11.8. The van der Waals surface area contributed by atoms with E-state index in [1.807, 2.05) is 7.05 Å². The number of likely N-dealkylation sites (tertiary alicyclic amines) is 1.